The first-order valence-corrected chi connectivity index (χ1v) is 13.8. The predicted molar refractivity (Wildman–Crippen MR) is 148 cm³/mol. The Bertz CT molecular complexity index is 1100. The number of amides is 3. The Morgan fingerprint density at radius 3 is 1.97 bits per heavy atom. The number of carbonyl (C=O) groups is 4. The number of thioether (sulfide) groups is 1. The molecule has 0 spiro atoms. The molecule has 5 unspecified atom stereocenters. The predicted octanol–water partition coefficient (Wildman–Crippen LogP) is 0.178. The number of aliphatic hydroxyl groups is 1. The lowest BCUT2D eigenvalue weighted by molar-refractivity contribution is -0.145. The molecule has 0 aromatic heterocycles. The molecule has 0 radical (unpaired) electrons. The molecule has 0 saturated heterocycles. The van der Waals surface area contributed by atoms with Crippen molar-refractivity contribution in [2.75, 3.05) is 12.0 Å². The van der Waals surface area contributed by atoms with Crippen LogP contribution in [0.3, 0.4) is 0 Å². The number of hydrogen-bond acceptors (Lipinski definition) is 8. The minimum atomic E-state index is -1.55. The molecule has 212 valence electrons. The number of hydrogen-bond donors (Lipinski definition) is 7. The topological polar surface area (TPSA) is 191 Å². The largest absolute Gasteiger partial charge is 0.508 e. The number of carboxylic acids is 1. The highest BCUT2D eigenvalue weighted by molar-refractivity contribution is 7.98. The van der Waals surface area contributed by atoms with Crippen molar-refractivity contribution in [2.24, 2.45) is 5.73 Å². The van der Waals surface area contributed by atoms with Crippen LogP contribution < -0.4 is 21.7 Å². The highest BCUT2D eigenvalue weighted by Gasteiger charge is 2.31. The van der Waals surface area contributed by atoms with Crippen LogP contribution in [0, 0.1) is 0 Å². The molecule has 0 heterocycles. The van der Waals surface area contributed by atoms with Gasteiger partial charge in [-0.15, -0.1) is 0 Å². The quantitative estimate of drug-likeness (QED) is 0.159. The zero-order valence-corrected chi connectivity index (χ0v) is 22.7. The SMILES string of the molecule is CSCCC(NC(=O)C(Cc1ccccc1)NC(=O)C(N)Cc1ccc(O)cc1)C(=O)NC(C(=O)O)C(C)O. The van der Waals surface area contributed by atoms with Crippen molar-refractivity contribution in [2.45, 2.75) is 56.5 Å². The number of aromatic hydroxyl groups is 1. The van der Waals surface area contributed by atoms with Gasteiger partial charge in [0.15, 0.2) is 6.04 Å². The van der Waals surface area contributed by atoms with Gasteiger partial charge in [-0.1, -0.05) is 42.5 Å². The normalized spacial score (nSPS) is 14.8. The third kappa shape index (κ3) is 10.6. The molecule has 2 aromatic carbocycles. The summed E-state index contributed by atoms with van der Waals surface area (Å²) in [5, 5.41) is 36.1. The molecule has 5 atom stereocenters. The van der Waals surface area contributed by atoms with Crippen LogP contribution in [0.5, 0.6) is 5.75 Å². The fourth-order valence-electron chi connectivity index (χ4n) is 3.74. The van der Waals surface area contributed by atoms with Crippen LogP contribution in [0.1, 0.15) is 24.5 Å². The summed E-state index contributed by atoms with van der Waals surface area (Å²) in [4.78, 5) is 50.7. The van der Waals surface area contributed by atoms with Gasteiger partial charge in [0.25, 0.3) is 0 Å². The van der Waals surface area contributed by atoms with Crippen molar-refractivity contribution in [3.8, 4) is 5.75 Å². The maximum absolute atomic E-state index is 13.4. The van der Waals surface area contributed by atoms with Gasteiger partial charge in [-0.05, 0) is 55.0 Å². The van der Waals surface area contributed by atoms with E-state index in [1.165, 1.54) is 30.8 Å². The number of nitrogens with one attached hydrogen (secondary N) is 3. The number of aliphatic carboxylic acids is 1. The number of carboxylic acid groups (broad SMARTS) is 1. The number of benzene rings is 2. The van der Waals surface area contributed by atoms with Crippen LogP contribution in [0.25, 0.3) is 0 Å². The van der Waals surface area contributed by atoms with E-state index in [0.29, 0.717) is 5.75 Å². The molecule has 8 N–H and O–H groups in total. The summed E-state index contributed by atoms with van der Waals surface area (Å²) in [6.45, 7) is 1.24. The molecule has 3 amide bonds. The zero-order valence-electron chi connectivity index (χ0n) is 21.9. The number of rotatable bonds is 15. The number of phenols is 1. The number of carbonyl (C=O) groups excluding carboxylic acids is 3. The van der Waals surface area contributed by atoms with Gasteiger partial charge in [0.1, 0.15) is 17.8 Å². The van der Waals surface area contributed by atoms with Gasteiger partial charge in [-0.3, -0.25) is 14.4 Å². The van der Waals surface area contributed by atoms with E-state index in [0.717, 1.165) is 11.1 Å². The van der Waals surface area contributed by atoms with Crippen LogP contribution in [0.15, 0.2) is 54.6 Å². The second-order valence-electron chi connectivity index (χ2n) is 9.14. The average Bonchev–Trinajstić information content (AvgIpc) is 2.90. The van der Waals surface area contributed by atoms with Gasteiger partial charge in [0.05, 0.1) is 12.1 Å². The van der Waals surface area contributed by atoms with Crippen molar-refractivity contribution in [3.63, 3.8) is 0 Å². The fraction of sp³-hybridized carbons (Fsp3) is 0.407. The van der Waals surface area contributed by atoms with Crippen molar-refractivity contribution in [1.82, 2.24) is 16.0 Å². The molecule has 0 aliphatic rings. The zero-order chi connectivity index (χ0) is 28.9. The molecule has 0 bridgehead atoms. The number of phenolic OH excluding ortho intramolecular Hbond substituents is 1. The van der Waals surface area contributed by atoms with Crippen LogP contribution in [-0.2, 0) is 32.0 Å². The molecule has 2 aromatic rings. The minimum Gasteiger partial charge on any atom is -0.508 e. The first-order valence-electron chi connectivity index (χ1n) is 12.4. The van der Waals surface area contributed by atoms with Gasteiger partial charge >= 0.3 is 5.97 Å². The van der Waals surface area contributed by atoms with E-state index in [2.05, 4.69) is 16.0 Å². The van der Waals surface area contributed by atoms with Gasteiger partial charge < -0.3 is 37.0 Å². The first kappa shape index (κ1) is 31.6. The summed E-state index contributed by atoms with van der Waals surface area (Å²) >= 11 is 1.43. The standard InChI is InChI=1S/C27H36N4O7S/c1-16(32)23(27(37)38)31-25(35)21(12-13-39-2)29-26(36)22(15-17-6-4-3-5-7-17)30-24(34)20(28)14-18-8-10-19(33)11-9-18/h3-11,16,20-23,32-33H,12-15,28H2,1-2H3,(H,29,36)(H,30,34)(H,31,35)(H,37,38). The third-order valence-corrected chi connectivity index (χ3v) is 6.58. The Hall–Kier alpha value is -3.61. The minimum absolute atomic E-state index is 0.0829. The van der Waals surface area contributed by atoms with Gasteiger partial charge in [0.2, 0.25) is 17.7 Å². The highest BCUT2D eigenvalue weighted by atomic mass is 32.2. The van der Waals surface area contributed by atoms with Crippen LogP contribution in [-0.4, -0.2) is 81.3 Å². The summed E-state index contributed by atoms with van der Waals surface area (Å²) in [6, 6.07) is 10.5. The Morgan fingerprint density at radius 1 is 0.846 bits per heavy atom. The first-order chi connectivity index (χ1) is 18.5. The highest BCUT2D eigenvalue weighted by Crippen LogP contribution is 2.12. The molecule has 12 heteroatoms. The van der Waals surface area contributed by atoms with E-state index in [4.69, 9.17) is 5.73 Å². The van der Waals surface area contributed by atoms with Crippen molar-refractivity contribution in [3.05, 3.63) is 65.7 Å². The molecule has 0 fully saturated rings. The van der Waals surface area contributed by atoms with Crippen LogP contribution in [0.2, 0.25) is 0 Å². The van der Waals surface area contributed by atoms with E-state index < -0.39 is 54.0 Å². The van der Waals surface area contributed by atoms with Crippen molar-refractivity contribution >= 4 is 35.5 Å². The Morgan fingerprint density at radius 2 is 1.41 bits per heavy atom. The summed E-state index contributed by atoms with van der Waals surface area (Å²) in [7, 11) is 0. The molecular weight excluding hydrogens is 524 g/mol. The Labute approximate surface area is 231 Å². The fourth-order valence-corrected chi connectivity index (χ4v) is 4.21. The maximum atomic E-state index is 13.4. The van der Waals surface area contributed by atoms with Gasteiger partial charge in [-0.2, -0.15) is 11.8 Å². The number of nitrogens with two attached hydrogens (primary N) is 1. The van der Waals surface area contributed by atoms with Gasteiger partial charge in [-0.25, -0.2) is 4.79 Å². The molecule has 11 nitrogen and oxygen atoms in total. The van der Waals surface area contributed by atoms with E-state index in [1.54, 1.807) is 36.4 Å². The second kappa shape index (κ2) is 15.7. The van der Waals surface area contributed by atoms with E-state index in [1.807, 2.05) is 12.3 Å². The lowest BCUT2D eigenvalue weighted by Gasteiger charge is -2.26. The summed E-state index contributed by atoms with van der Waals surface area (Å²) in [5.41, 5.74) is 7.58. The van der Waals surface area contributed by atoms with E-state index >= 15 is 0 Å². The smallest absolute Gasteiger partial charge is 0.328 e. The summed E-state index contributed by atoms with van der Waals surface area (Å²) in [6.07, 6.45) is 0.939. The van der Waals surface area contributed by atoms with Crippen LogP contribution in [0.4, 0.5) is 0 Å². The monoisotopic (exact) mass is 560 g/mol. The van der Waals surface area contributed by atoms with E-state index in [9.17, 15) is 34.5 Å². The summed E-state index contributed by atoms with van der Waals surface area (Å²) in [5.74, 6) is -2.83. The molecule has 2 rings (SSSR count). The lowest BCUT2D eigenvalue weighted by atomic mass is 10.0. The van der Waals surface area contributed by atoms with E-state index in [-0.39, 0.29) is 25.0 Å². The van der Waals surface area contributed by atoms with Crippen molar-refractivity contribution < 1.29 is 34.5 Å². The van der Waals surface area contributed by atoms with Crippen LogP contribution >= 0.6 is 11.8 Å². The molecular formula is C27H36N4O7S. The second-order valence-corrected chi connectivity index (χ2v) is 10.1. The molecule has 39 heavy (non-hydrogen) atoms. The Balaban J connectivity index is 2.20. The lowest BCUT2D eigenvalue weighted by Crippen LogP contribution is -2.58. The molecule has 0 saturated carbocycles. The van der Waals surface area contributed by atoms with Crippen molar-refractivity contribution in [1.29, 1.82) is 0 Å². The number of aliphatic hydroxyl groups excluding tert-OH is 1. The molecule has 0 aliphatic heterocycles. The summed E-state index contributed by atoms with van der Waals surface area (Å²) < 4.78 is 0. The Kier molecular flexibility index (Phi) is 12.7. The average molecular weight is 561 g/mol. The molecule has 0 aliphatic carbocycles. The third-order valence-electron chi connectivity index (χ3n) is 5.93. The maximum Gasteiger partial charge on any atom is 0.328 e. The van der Waals surface area contributed by atoms with Gasteiger partial charge in [0, 0.05) is 6.42 Å².